The van der Waals surface area contributed by atoms with Crippen molar-refractivity contribution in [3.63, 3.8) is 0 Å². The van der Waals surface area contributed by atoms with Crippen LogP contribution in [0.25, 0.3) is 0 Å². The molecule has 21 heavy (non-hydrogen) atoms. The second kappa shape index (κ2) is 6.04. The van der Waals surface area contributed by atoms with Crippen LogP contribution in [0.15, 0.2) is 0 Å². The minimum atomic E-state index is -3.16. The molecule has 7 nitrogen and oxygen atoms in total. The first-order chi connectivity index (χ1) is 9.70. The van der Waals surface area contributed by atoms with Crippen LogP contribution < -0.4 is 0 Å². The van der Waals surface area contributed by atoms with E-state index in [1.807, 2.05) is 0 Å². The van der Waals surface area contributed by atoms with E-state index in [4.69, 9.17) is 0 Å². The predicted molar refractivity (Wildman–Crippen MR) is 80.0 cm³/mol. The molecule has 120 valence electrons. The number of sulfone groups is 1. The van der Waals surface area contributed by atoms with Gasteiger partial charge >= 0.3 is 12.0 Å². The number of rotatable bonds is 5. The Morgan fingerprint density at radius 2 is 2.00 bits per heavy atom. The van der Waals surface area contributed by atoms with Crippen molar-refractivity contribution in [2.24, 2.45) is 5.92 Å². The standard InChI is InChI=1S/C12H20N2O5S2/c1-13(5-6-21(2,18)19)12(17)14-9(11(15)16)7-20-10(14)8-3-4-8/h8-10H,3-7H2,1-2H3,(H,15,16). The van der Waals surface area contributed by atoms with Gasteiger partial charge in [-0.15, -0.1) is 11.8 Å². The van der Waals surface area contributed by atoms with Crippen molar-refractivity contribution in [3.8, 4) is 0 Å². The Morgan fingerprint density at radius 3 is 2.48 bits per heavy atom. The minimum Gasteiger partial charge on any atom is -0.480 e. The number of nitrogens with zero attached hydrogens (tertiary/aromatic N) is 2. The molecule has 1 aliphatic heterocycles. The van der Waals surface area contributed by atoms with Gasteiger partial charge in [0, 0.05) is 25.6 Å². The maximum Gasteiger partial charge on any atom is 0.327 e. The fraction of sp³-hybridized carbons (Fsp3) is 0.833. The first kappa shape index (κ1) is 16.4. The summed E-state index contributed by atoms with van der Waals surface area (Å²) in [4.78, 5) is 26.6. The van der Waals surface area contributed by atoms with E-state index in [-0.39, 0.29) is 17.7 Å². The number of thioether (sulfide) groups is 1. The third-order valence-electron chi connectivity index (χ3n) is 3.69. The SMILES string of the molecule is CN(CCS(C)(=O)=O)C(=O)N1C(C(=O)O)CSC1C1CC1. The van der Waals surface area contributed by atoms with Crippen LogP contribution in [0.1, 0.15) is 12.8 Å². The number of aliphatic carboxylic acids is 1. The molecule has 2 unspecified atom stereocenters. The van der Waals surface area contributed by atoms with E-state index in [0.717, 1.165) is 19.1 Å². The van der Waals surface area contributed by atoms with Gasteiger partial charge in [0.2, 0.25) is 0 Å². The van der Waals surface area contributed by atoms with Crippen molar-refractivity contribution in [1.82, 2.24) is 9.80 Å². The number of urea groups is 1. The molecule has 1 aliphatic carbocycles. The minimum absolute atomic E-state index is 0.0720. The molecule has 2 fully saturated rings. The van der Waals surface area contributed by atoms with Gasteiger partial charge in [-0.05, 0) is 18.8 Å². The molecule has 9 heteroatoms. The van der Waals surface area contributed by atoms with E-state index >= 15 is 0 Å². The van der Waals surface area contributed by atoms with E-state index in [9.17, 15) is 23.1 Å². The molecule has 1 saturated heterocycles. The van der Waals surface area contributed by atoms with Crippen molar-refractivity contribution in [1.29, 1.82) is 0 Å². The monoisotopic (exact) mass is 336 g/mol. The average Bonchev–Trinajstić information content (AvgIpc) is 3.12. The number of carboxylic acids is 1. The number of hydrogen-bond donors (Lipinski definition) is 1. The smallest absolute Gasteiger partial charge is 0.327 e. The summed E-state index contributed by atoms with van der Waals surface area (Å²) in [5.41, 5.74) is 0. The Morgan fingerprint density at radius 1 is 1.38 bits per heavy atom. The van der Waals surface area contributed by atoms with Crippen LogP contribution in [-0.4, -0.2) is 78.1 Å². The fourth-order valence-electron chi connectivity index (χ4n) is 2.30. The van der Waals surface area contributed by atoms with Crippen molar-refractivity contribution < 1.29 is 23.1 Å². The molecule has 2 aliphatic rings. The lowest BCUT2D eigenvalue weighted by molar-refractivity contribution is -0.141. The molecule has 2 atom stereocenters. The predicted octanol–water partition coefficient (Wildman–Crippen LogP) is 0.321. The summed E-state index contributed by atoms with van der Waals surface area (Å²) in [7, 11) is -1.64. The molecule has 0 radical (unpaired) electrons. The van der Waals surface area contributed by atoms with Crippen LogP contribution >= 0.6 is 11.8 Å². The lowest BCUT2D eigenvalue weighted by Crippen LogP contribution is -2.51. The molecule has 1 heterocycles. The lowest BCUT2D eigenvalue weighted by Gasteiger charge is -2.31. The first-order valence-electron chi connectivity index (χ1n) is 6.76. The zero-order valence-electron chi connectivity index (χ0n) is 12.1. The summed E-state index contributed by atoms with van der Waals surface area (Å²) in [6, 6.07) is -1.22. The Bertz CT molecular complexity index is 532. The number of carbonyl (C=O) groups is 2. The molecule has 0 aromatic heterocycles. The van der Waals surface area contributed by atoms with Gasteiger partial charge < -0.3 is 10.0 Å². The molecule has 1 N–H and O–H groups in total. The van der Waals surface area contributed by atoms with Crippen molar-refractivity contribution >= 4 is 33.6 Å². The molecular formula is C12H20N2O5S2. The third-order valence-corrected chi connectivity index (χ3v) is 6.08. The van der Waals surface area contributed by atoms with E-state index in [0.29, 0.717) is 11.7 Å². The van der Waals surface area contributed by atoms with Gasteiger partial charge in [-0.3, -0.25) is 4.90 Å². The summed E-state index contributed by atoms with van der Waals surface area (Å²) in [6.45, 7) is 0.0720. The Kier molecular flexibility index (Phi) is 4.72. The molecule has 1 saturated carbocycles. The normalized spacial score (nSPS) is 25.9. The van der Waals surface area contributed by atoms with Crippen LogP contribution in [0.2, 0.25) is 0 Å². The Labute approximate surface area is 128 Å². The zero-order valence-corrected chi connectivity index (χ0v) is 13.7. The van der Waals surface area contributed by atoms with Crippen LogP contribution in [0.4, 0.5) is 4.79 Å². The molecular weight excluding hydrogens is 316 g/mol. The molecule has 2 rings (SSSR count). The maximum absolute atomic E-state index is 12.5. The number of hydrogen-bond acceptors (Lipinski definition) is 5. The molecule has 0 aromatic carbocycles. The largest absolute Gasteiger partial charge is 0.480 e. The van der Waals surface area contributed by atoms with Crippen molar-refractivity contribution in [2.45, 2.75) is 24.3 Å². The quantitative estimate of drug-likeness (QED) is 0.777. The van der Waals surface area contributed by atoms with Crippen LogP contribution in [0.3, 0.4) is 0 Å². The molecule has 0 bridgehead atoms. The number of amides is 2. The first-order valence-corrected chi connectivity index (χ1v) is 9.87. The molecule has 2 amide bonds. The van der Waals surface area contributed by atoms with Crippen LogP contribution in [0, 0.1) is 5.92 Å². The summed E-state index contributed by atoms with van der Waals surface area (Å²) in [5.74, 6) is -0.369. The summed E-state index contributed by atoms with van der Waals surface area (Å²) in [6.07, 6.45) is 3.14. The van der Waals surface area contributed by atoms with Gasteiger partial charge in [0.1, 0.15) is 15.9 Å². The van der Waals surface area contributed by atoms with E-state index in [1.165, 1.54) is 28.6 Å². The topological polar surface area (TPSA) is 95.0 Å². The number of carbonyl (C=O) groups excluding carboxylic acids is 1. The van der Waals surface area contributed by atoms with E-state index < -0.39 is 27.9 Å². The highest BCUT2D eigenvalue weighted by Gasteiger charge is 2.48. The second-order valence-corrected chi connectivity index (χ2v) is 9.07. The van der Waals surface area contributed by atoms with Crippen LogP contribution in [0.5, 0.6) is 0 Å². The van der Waals surface area contributed by atoms with Gasteiger partial charge in [-0.2, -0.15) is 0 Å². The molecule has 0 spiro atoms. The highest BCUT2D eigenvalue weighted by Crippen LogP contribution is 2.45. The third kappa shape index (κ3) is 4.03. The van der Waals surface area contributed by atoms with Gasteiger partial charge in [-0.1, -0.05) is 0 Å². The lowest BCUT2D eigenvalue weighted by atomic mass is 10.2. The number of carboxylic acid groups (broad SMARTS) is 1. The maximum atomic E-state index is 12.5. The van der Waals surface area contributed by atoms with Crippen molar-refractivity contribution in [2.75, 3.05) is 31.4 Å². The second-order valence-electron chi connectivity index (χ2n) is 5.66. The van der Waals surface area contributed by atoms with Gasteiger partial charge in [0.25, 0.3) is 0 Å². The summed E-state index contributed by atoms with van der Waals surface area (Å²) >= 11 is 1.51. The highest BCUT2D eigenvalue weighted by molar-refractivity contribution is 8.00. The van der Waals surface area contributed by atoms with Crippen molar-refractivity contribution in [3.05, 3.63) is 0 Å². The molecule has 0 aromatic rings. The van der Waals surface area contributed by atoms with Gasteiger partial charge in [0.05, 0.1) is 11.1 Å². The van der Waals surface area contributed by atoms with Gasteiger partial charge in [-0.25, -0.2) is 18.0 Å². The van der Waals surface area contributed by atoms with E-state index in [1.54, 1.807) is 0 Å². The zero-order chi connectivity index (χ0) is 15.8. The Hall–Kier alpha value is -0.960. The van der Waals surface area contributed by atoms with Gasteiger partial charge in [0.15, 0.2) is 0 Å². The summed E-state index contributed by atoms with van der Waals surface area (Å²) < 4.78 is 22.4. The summed E-state index contributed by atoms with van der Waals surface area (Å²) in [5, 5.41) is 9.17. The fourth-order valence-corrected chi connectivity index (χ4v) is 4.53. The Balaban J connectivity index is 2.07. The van der Waals surface area contributed by atoms with Crippen LogP contribution in [-0.2, 0) is 14.6 Å². The average molecular weight is 336 g/mol. The van der Waals surface area contributed by atoms with E-state index in [2.05, 4.69) is 0 Å². The highest BCUT2D eigenvalue weighted by atomic mass is 32.2.